The molecule has 1 aliphatic rings. The Kier molecular flexibility index (Phi) is 9.55. The molecule has 2 aromatic heterocycles. The van der Waals surface area contributed by atoms with E-state index in [1.54, 1.807) is 14.0 Å². The van der Waals surface area contributed by atoms with Crippen molar-refractivity contribution in [3.8, 4) is 5.75 Å². The molecule has 5 N–H and O–H groups in total. The number of aliphatic hydroxyl groups excluding tert-OH is 1. The molecule has 10 heteroatoms. The monoisotopic (exact) mass is 538 g/mol. The first-order valence-electron chi connectivity index (χ1n) is 13.4. The van der Waals surface area contributed by atoms with Crippen LogP contribution in [0.1, 0.15) is 37.8 Å². The normalized spacial score (nSPS) is 14.1. The predicted octanol–water partition coefficient (Wildman–Crippen LogP) is 4.26. The summed E-state index contributed by atoms with van der Waals surface area (Å²) in [5, 5.41) is 15.3. The maximum absolute atomic E-state index is 14.3. The van der Waals surface area contributed by atoms with Gasteiger partial charge in [0, 0.05) is 37.2 Å². The maximum atomic E-state index is 14.3. The molecule has 3 heterocycles. The Hall–Kier alpha value is -3.47. The maximum Gasteiger partial charge on any atom is 0.222 e. The second kappa shape index (κ2) is 13.1. The van der Waals surface area contributed by atoms with Gasteiger partial charge in [0.25, 0.3) is 0 Å². The zero-order valence-corrected chi connectivity index (χ0v) is 23.0. The predicted molar refractivity (Wildman–Crippen MR) is 154 cm³/mol. The van der Waals surface area contributed by atoms with Gasteiger partial charge in [-0.2, -0.15) is 4.98 Å². The van der Waals surface area contributed by atoms with Crippen molar-refractivity contribution < 1.29 is 19.0 Å². The number of alkyl halides is 1. The number of nitrogens with two attached hydrogens (primary N) is 1. The fraction of sp³-hybridized carbons (Fsp3) is 0.448. The number of hydrogen-bond acceptors (Lipinski definition) is 8. The van der Waals surface area contributed by atoms with Gasteiger partial charge in [0.2, 0.25) is 5.95 Å². The van der Waals surface area contributed by atoms with Crippen molar-refractivity contribution in [3.63, 3.8) is 0 Å². The van der Waals surface area contributed by atoms with Crippen molar-refractivity contribution in [2.24, 2.45) is 0 Å². The largest absolute Gasteiger partial charge is 0.496 e. The highest BCUT2D eigenvalue weighted by Gasteiger charge is 2.38. The Morgan fingerprint density at radius 3 is 2.64 bits per heavy atom. The van der Waals surface area contributed by atoms with Crippen LogP contribution in [0.4, 0.5) is 16.2 Å². The van der Waals surface area contributed by atoms with E-state index in [1.165, 1.54) is 0 Å². The number of nitrogens with one attached hydrogen (secondary N) is 2. The number of aromatic nitrogens is 3. The van der Waals surface area contributed by atoms with Crippen LogP contribution < -0.4 is 21.1 Å². The van der Waals surface area contributed by atoms with E-state index in [2.05, 4.69) is 50.3 Å². The molecule has 0 radical (unpaired) electrons. The molecule has 1 aliphatic heterocycles. The summed E-state index contributed by atoms with van der Waals surface area (Å²) in [4.78, 5) is 9.17. The van der Waals surface area contributed by atoms with E-state index in [0.29, 0.717) is 13.1 Å². The second-order valence-electron chi connectivity index (χ2n) is 9.72. The lowest BCUT2D eigenvalue weighted by atomic mass is 10.0. The minimum atomic E-state index is -1.26. The van der Waals surface area contributed by atoms with E-state index < -0.39 is 5.67 Å². The van der Waals surface area contributed by atoms with Gasteiger partial charge in [0.05, 0.1) is 32.4 Å². The third kappa shape index (κ3) is 6.58. The van der Waals surface area contributed by atoms with Crippen LogP contribution in [-0.2, 0) is 17.8 Å². The van der Waals surface area contributed by atoms with Gasteiger partial charge in [-0.05, 0) is 37.1 Å². The average molecular weight is 539 g/mol. The first kappa shape index (κ1) is 28.5. The number of methoxy groups -OCH3 is 1. The summed E-state index contributed by atoms with van der Waals surface area (Å²) in [6, 6.07) is 14.3. The smallest absolute Gasteiger partial charge is 0.222 e. The van der Waals surface area contributed by atoms with Gasteiger partial charge in [0.15, 0.2) is 11.5 Å². The Labute approximate surface area is 228 Å². The molecule has 0 unspecified atom stereocenters. The van der Waals surface area contributed by atoms with Crippen molar-refractivity contribution >= 4 is 33.7 Å². The van der Waals surface area contributed by atoms with E-state index in [9.17, 15) is 4.39 Å². The van der Waals surface area contributed by atoms with Gasteiger partial charge in [-0.25, -0.2) is 9.37 Å². The molecule has 1 fully saturated rings. The molecule has 5 rings (SSSR count). The molecule has 0 saturated carbocycles. The van der Waals surface area contributed by atoms with E-state index in [4.69, 9.17) is 20.3 Å². The Morgan fingerprint density at radius 2 is 1.95 bits per heavy atom. The Morgan fingerprint density at radius 1 is 1.18 bits per heavy atom. The summed E-state index contributed by atoms with van der Waals surface area (Å²) < 4.78 is 27.2. The van der Waals surface area contributed by atoms with Crippen molar-refractivity contribution in [1.29, 1.82) is 0 Å². The van der Waals surface area contributed by atoms with Crippen LogP contribution in [0.3, 0.4) is 0 Å². The van der Waals surface area contributed by atoms with Gasteiger partial charge in [0.1, 0.15) is 16.8 Å². The fourth-order valence-electron chi connectivity index (χ4n) is 4.71. The molecule has 39 heavy (non-hydrogen) atoms. The highest BCUT2D eigenvalue weighted by molar-refractivity contribution is 6.09. The van der Waals surface area contributed by atoms with E-state index in [0.717, 1.165) is 64.0 Å². The van der Waals surface area contributed by atoms with E-state index in [1.807, 2.05) is 24.3 Å². The van der Waals surface area contributed by atoms with Gasteiger partial charge < -0.3 is 35.5 Å². The van der Waals surface area contributed by atoms with Crippen LogP contribution in [0.2, 0.25) is 0 Å². The zero-order chi connectivity index (χ0) is 27.8. The molecule has 4 aromatic rings. The number of nitrogens with zero attached hydrogens (tertiary/aromatic N) is 3. The highest BCUT2D eigenvalue weighted by atomic mass is 19.1. The topological polar surface area (TPSA) is 119 Å². The molecule has 0 atom stereocenters. The quantitative estimate of drug-likeness (QED) is 0.209. The third-order valence-electron chi connectivity index (χ3n) is 6.61. The van der Waals surface area contributed by atoms with Crippen molar-refractivity contribution in [1.82, 2.24) is 19.9 Å². The second-order valence-corrected chi connectivity index (χ2v) is 9.72. The van der Waals surface area contributed by atoms with Gasteiger partial charge >= 0.3 is 0 Å². The van der Waals surface area contributed by atoms with Gasteiger partial charge in [-0.1, -0.05) is 37.6 Å². The summed E-state index contributed by atoms with van der Waals surface area (Å²) in [5.74, 6) is 1.77. The number of nitrogen functional groups attached to an aromatic ring is 1. The number of halogens is 1. The van der Waals surface area contributed by atoms with E-state index >= 15 is 0 Å². The number of hydrogen-bond donors (Lipinski definition) is 4. The lowest BCUT2D eigenvalue weighted by Crippen LogP contribution is -2.52. The number of rotatable bonds is 11. The number of benzene rings is 2. The zero-order valence-electron chi connectivity index (χ0n) is 23.0. The van der Waals surface area contributed by atoms with Crippen LogP contribution in [0.15, 0.2) is 42.5 Å². The number of fused-ring (bicyclic) bond motifs is 3. The van der Waals surface area contributed by atoms with Crippen molar-refractivity contribution in [2.75, 3.05) is 51.1 Å². The van der Waals surface area contributed by atoms with Gasteiger partial charge in [-0.15, -0.1) is 0 Å². The lowest BCUT2D eigenvalue weighted by molar-refractivity contribution is -0.127. The Balaban J connectivity index is 0.00000112. The number of para-hydroxylation sites is 1. The van der Waals surface area contributed by atoms with Crippen LogP contribution in [-0.4, -0.2) is 65.3 Å². The molecule has 0 aliphatic carbocycles. The Bertz CT molecular complexity index is 1390. The van der Waals surface area contributed by atoms with Crippen LogP contribution in [0.5, 0.6) is 5.75 Å². The number of unbranched alkanes of at least 4 members (excludes halogenated alkanes) is 1. The minimum absolute atomic E-state index is 0.156. The SMILES string of the molecule is CCCCNc1nc(N)nc2c3ccccc3n(Cc3cc(CNCC4(F)COC4)ccc3OC)c12.CCO. The summed E-state index contributed by atoms with van der Waals surface area (Å²) in [7, 11) is 1.67. The van der Waals surface area contributed by atoms with Crippen LogP contribution >= 0.6 is 0 Å². The van der Waals surface area contributed by atoms with Crippen LogP contribution in [0.25, 0.3) is 21.9 Å². The van der Waals surface area contributed by atoms with Crippen molar-refractivity contribution in [3.05, 3.63) is 53.6 Å². The van der Waals surface area contributed by atoms with Gasteiger partial charge in [-0.3, -0.25) is 0 Å². The molecule has 1 saturated heterocycles. The number of ether oxygens (including phenoxy) is 2. The molecular weight excluding hydrogens is 499 g/mol. The first-order valence-corrected chi connectivity index (χ1v) is 13.4. The highest BCUT2D eigenvalue weighted by Crippen LogP contribution is 2.34. The lowest BCUT2D eigenvalue weighted by Gasteiger charge is -2.33. The molecular formula is C29H39FN6O3. The summed E-state index contributed by atoms with van der Waals surface area (Å²) in [6.07, 6.45) is 2.11. The molecule has 0 amide bonds. The summed E-state index contributed by atoms with van der Waals surface area (Å²) in [5.41, 5.74) is 9.69. The standard InChI is InChI=1S/C27H33FN6O2.C2H6O/c1-3-4-11-31-25-24-23(32-26(29)33-25)20-7-5-6-8-21(20)34(24)14-19-12-18(9-10-22(19)35-2)13-30-15-27(28)16-36-17-27;1-2-3/h5-10,12,30H,3-4,11,13-17H2,1-2H3,(H3,29,31,32,33);3H,2H2,1H3. The first-order chi connectivity index (χ1) is 18.9. The summed E-state index contributed by atoms with van der Waals surface area (Å²) in [6.45, 7) is 6.58. The summed E-state index contributed by atoms with van der Waals surface area (Å²) >= 11 is 0. The third-order valence-corrected chi connectivity index (χ3v) is 6.61. The fourth-order valence-corrected chi connectivity index (χ4v) is 4.71. The number of aliphatic hydroxyl groups is 1. The average Bonchev–Trinajstić information content (AvgIpc) is 3.22. The molecule has 0 bridgehead atoms. The minimum Gasteiger partial charge on any atom is -0.496 e. The number of anilines is 2. The van der Waals surface area contributed by atoms with Crippen molar-refractivity contribution in [2.45, 2.75) is 45.4 Å². The molecule has 210 valence electrons. The molecule has 0 spiro atoms. The van der Waals surface area contributed by atoms with Crippen LogP contribution in [0, 0.1) is 0 Å². The molecule has 9 nitrogen and oxygen atoms in total. The molecule has 2 aromatic carbocycles. The van der Waals surface area contributed by atoms with E-state index in [-0.39, 0.29) is 32.3 Å².